The molecule has 0 saturated heterocycles. The van der Waals surface area contributed by atoms with Crippen LogP contribution in [0.15, 0.2) is 72.8 Å². The molecule has 4 aliphatic rings. The van der Waals surface area contributed by atoms with Crippen molar-refractivity contribution in [1.82, 2.24) is 0 Å². The lowest BCUT2D eigenvalue weighted by Gasteiger charge is -2.03. The largest absolute Gasteiger partial charge is 0.0622 e. The van der Waals surface area contributed by atoms with Crippen LogP contribution in [0.5, 0.6) is 0 Å². The van der Waals surface area contributed by atoms with Crippen LogP contribution in [-0.2, 0) is 0 Å². The second kappa shape index (κ2) is 4.99. The number of rotatable bonds is 1. The van der Waals surface area contributed by atoms with Gasteiger partial charge in [0.2, 0.25) is 0 Å². The van der Waals surface area contributed by atoms with E-state index in [0.717, 1.165) is 0 Å². The summed E-state index contributed by atoms with van der Waals surface area (Å²) in [5.41, 5.74) is 10.7. The van der Waals surface area contributed by atoms with E-state index in [1.165, 1.54) is 44.5 Å². The standard InChI is InChI=1S/C22H18/c1-15-13-21(19-11-7-3-5-9-17(15)19)22-14-16(2)18-10-6-4-8-12-20(18)22/h3-14H,1-2H3. The third-order valence-corrected chi connectivity index (χ3v) is 4.52. The summed E-state index contributed by atoms with van der Waals surface area (Å²) in [6.07, 6.45) is 0. The van der Waals surface area contributed by atoms with Gasteiger partial charge in [0.05, 0.1) is 0 Å². The van der Waals surface area contributed by atoms with E-state index >= 15 is 0 Å². The lowest BCUT2D eigenvalue weighted by Crippen LogP contribution is -1.76. The van der Waals surface area contributed by atoms with E-state index in [-0.39, 0.29) is 0 Å². The van der Waals surface area contributed by atoms with Crippen LogP contribution in [0.2, 0.25) is 0 Å². The van der Waals surface area contributed by atoms with Gasteiger partial charge in [0.15, 0.2) is 0 Å². The van der Waals surface area contributed by atoms with Crippen molar-refractivity contribution in [2.75, 3.05) is 0 Å². The van der Waals surface area contributed by atoms with Gasteiger partial charge in [-0.05, 0) is 58.4 Å². The van der Waals surface area contributed by atoms with Gasteiger partial charge in [-0.25, -0.2) is 0 Å². The fraction of sp³-hybridized carbons (Fsp3) is 0.0909. The molecule has 0 radical (unpaired) electrons. The van der Waals surface area contributed by atoms with Crippen molar-refractivity contribution in [2.45, 2.75) is 13.8 Å². The molecule has 22 heavy (non-hydrogen) atoms. The maximum atomic E-state index is 2.33. The summed E-state index contributed by atoms with van der Waals surface area (Å²) in [7, 11) is 0. The second-order valence-electron chi connectivity index (χ2n) is 5.96. The van der Waals surface area contributed by atoms with Crippen LogP contribution in [-0.4, -0.2) is 0 Å². The van der Waals surface area contributed by atoms with Gasteiger partial charge in [0.25, 0.3) is 0 Å². The van der Waals surface area contributed by atoms with Gasteiger partial charge in [0, 0.05) is 0 Å². The van der Waals surface area contributed by atoms with E-state index in [4.69, 9.17) is 0 Å². The first-order valence-electron chi connectivity index (χ1n) is 7.73. The molecule has 4 rings (SSSR count). The van der Waals surface area contributed by atoms with Crippen molar-refractivity contribution < 1.29 is 0 Å². The van der Waals surface area contributed by atoms with E-state index in [1.54, 1.807) is 0 Å². The normalized spacial score (nSPS) is 11.2. The van der Waals surface area contributed by atoms with Gasteiger partial charge in [-0.1, -0.05) is 72.8 Å². The van der Waals surface area contributed by atoms with Gasteiger partial charge in [0.1, 0.15) is 0 Å². The molecule has 0 unspecified atom stereocenters. The van der Waals surface area contributed by atoms with Crippen LogP contribution >= 0.6 is 0 Å². The first kappa shape index (κ1) is 13.1. The van der Waals surface area contributed by atoms with Crippen LogP contribution in [0.3, 0.4) is 0 Å². The van der Waals surface area contributed by atoms with Crippen LogP contribution < -0.4 is 0 Å². The van der Waals surface area contributed by atoms with E-state index in [0.29, 0.717) is 0 Å². The van der Waals surface area contributed by atoms with Gasteiger partial charge < -0.3 is 0 Å². The molecule has 0 aromatic carbocycles. The molecular weight excluding hydrogens is 264 g/mol. The quantitative estimate of drug-likeness (QED) is 0.391. The van der Waals surface area contributed by atoms with Crippen LogP contribution in [0.25, 0.3) is 33.4 Å². The molecule has 0 aliphatic heterocycles. The first-order valence-corrected chi connectivity index (χ1v) is 7.73. The van der Waals surface area contributed by atoms with Gasteiger partial charge in [-0.3, -0.25) is 0 Å². The van der Waals surface area contributed by atoms with Crippen LogP contribution in [0, 0.1) is 13.8 Å². The molecule has 106 valence electrons. The minimum Gasteiger partial charge on any atom is -0.0622 e. The molecule has 0 amide bonds. The summed E-state index contributed by atoms with van der Waals surface area (Å²) < 4.78 is 0. The molecule has 0 fully saturated rings. The van der Waals surface area contributed by atoms with Gasteiger partial charge >= 0.3 is 0 Å². The Balaban J connectivity index is 2.04. The number of hydrogen-bond acceptors (Lipinski definition) is 0. The predicted octanol–water partition coefficient (Wildman–Crippen LogP) is 6.18. The van der Waals surface area contributed by atoms with Crippen molar-refractivity contribution >= 4 is 0 Å². The summed E-state index contributed by atoms with van der Waals surface area (Å²) in [6.45, 7) is 4.40. The average Bonchev–Trinajstić information content (AvgIpc) is 2.81. The monoisotopic (exact) mass is 282 g/mol. The predicted molar refractivity (Wildman–Crippen MR) is 94.6 cm³/mol. The Labute approximate surface area is 131 Å². The molecule has 0 heterocycles. The van der Waals surface area contributed by atoms with Crippen molar-refractivity contribution in [1.29, 1.82) is 0 Å². The van der Waals surface area contributed by atoms with E-state index in [1.807, 2.05) is 0 Å². The highest BCUT2D eigenvalue weighted by Gasteiger charge is 2.19. The Kier molecular flexibility index (Phi) is 2.97. The third kappa shape index (κ3) is 1.92. The average molecular weight is 282 g/mol. The first-order chi connectivity index (χ1) is 10.8. The molecule has 0 spiro atoms. The van der Waals surface area contributed by atoms with Crippen LogP contribution in [0.1, 0.15) is 11.1 Å². The molecule has 0 heteroatoms. The molecule has 0 aromatic rings. The summed E-state index contributed by atoms with van der Waals surface area (Å²) >= 11 is 0. The van der Waals surface area contributed by atoms with Gasteiger partial charge in [-0.2, -0.15) is 0 Å². The summed E-state index contributed by atoms with van der Waals surface area (Å²) in [4.78, 5) is 0. The fourth-order valence-electron chi connectivity index (χ4n) is 3.44. The minimum absolute atomic E-state index is 1.33. The Bertz CT molecular complexity index is 825. The minimum atomic E-state index is 1.33. The Morgan fingerprint density at radius 2 is 0.773 bits per heavy atom. The highest BCUT2D eigenvalue weighted by molar-refractivity contribution is 5.97. The van der Waals surface area contributed by atoms with Crippen molar-refractivity contribution in [3.63, 3.8) is 0 Å². The number of hydrogen-bond donors (Lipinski definition) is 0. The van der Waals surface area contributed by atoms with Crippen molar-refractivity contribution in [3.05, 3.63) is 83.9 Å². The maximum Gasteiger partial charge on any atom is -0.00961 e. The lowest BCUT2D eigenvalue weighted by molar-refractivity contribution is 1.54. The molecule has 0 nitrogen and oxygen atoms in total. The molecular formula is C22H18. The number of aryl methyl sites for hydroxylation is 2. The lowest BCUT2D eigenvalue weighted by atomic mass is 10.00. The van der Waals surface area contributed by atoms with Crippen LogP contribution in [0.4, 0.5) is 0 Å². The second-order valence-corrected chi connectivity index (χ2v) is 5.96. The Morgan fingerprint density at radius 3 is 1.18 bits per heavy atom. The maximum absolute atomic E-state index is 2.33. The zero-order valence-corrected chi connectivity index (χ0v) is 12.9. The third-order valence-electron chi connectivity index (χ3n) is 4.52. The fourth-order valence-corrected chi connectivity index (χ4v) is 3.44. The topological polar surface area (TPSA) is 0 Å². The molecule has 0 saturated carbocycles. The van der Waals surface area contributed by atoms with Crippen molar-refractivity contribution in [3.8, 4) is 33.4 Å². The Morgan fingerprint density at radius 1 is 0.409 bits per heavy atom. The molecule has 0 aromatic heterocycles. The van der Waals surface area contributed by atoms with Crippen molar-refractivity contribution in [2.24, 2.45) is 0 Å². The Hall–Kier alpha value is -2.60. The zero-order chi connectivity index (χ0) is 15.1. The van der Waals surface area contributed by atoms with E-state index < -0.39 is 0 Å². The highest BCUT2D eigenvalue weighted by atomic mass is 14.2. The summed E-state index contributed by atoms with van der Waals surface area (Å²) in [5, 5.41) is 0. The zero-order valence-electron chi connectivity index (χ0n) is 12.9. The summed E-state index contributed by atoms with van der Waals surface area (Å²) in [6, 6.07) is 26.2. The highest BCUT2D eigenvalue weighted by Crippen LogP contribution is 2.44. The smallest absolute Gasteiger partial charge is 0.00961 e. The van der Waals surface area contributed by atoms with E-state index in [2.05, 4.69) is 86.6 Å². The summed E-state index contributed by atoms with van der Waals surface area (Å²) in [5.74, 6) is 0. The van der Waals surface area contributed by atoms with Gasteiger partial charge in [-0.15, -0.1) is 0 Å². The molecule has 0 atom stereocenters. The number of fused-ring (bicyclic) bond motifs is 2. The SMILES string of the molecule is Cc1cc(-c2cc(C)c3cccccc2-3)c2cccccc1-2. The molecule has 0 N–H and O–H groups in total. The molecule has 4 aliphatic carbocycles. The van der Waals surface area contributed by atoms with E-state index in [9.17, 15) is 0 Å². The molecule has 0 bridgehead atoms.